The van der Waals surface area contributed by atoms with Crippen molar-refractivity contribution < 1.29 is 14.3 Å². The van der Waals surface area contributed by atoms with Gasteiger partial charge in [-0.15, -0.1) is 0 Å². The van der Waals surface area contributed by atoms with E-state index in [1.54, 1.807) is 12.2 Å². The van der Waals surface area contributed by atoms with Crippen LogP contribution in [0.1, 0.15) is 45.4 Å². The molecule has 0 fully saturated rings. The number of carbonyl (C=O) groups is 2. The Hall–Kier alpha value is -1.82. The summed E-state index contributed by atoms with van der Waals surface area (Å²) in [6.45, 7) is 2.14. The predicted molar refractivity (Wildman–Crippen MR) is 78.9 cm³/mol. The van der Waals surface area contributed by atoms with Crippen molar-refractivity contribution in [1.29, 1.82) is 0 Å². The maximum absolute atomic E-state index is 11.7. The van der Waals surface area contributed by atoms with Crippen LogP contribution in [0.3, 0.4) is 0 Å². The highest BCUT2D eigenvalue weighted by Crippen LogP contribution is 2.26. The number of hydrogen-bond acceptors (Lipinski definition) is 3. The lowest BCUT2D eigenvalue weighted by molar-refractivity contribution is -0.140. The SMILES string of the molecule is CCCCC1C=CC(=O)C1=CC#CCCCC(=O)OC. The zero-order chi connectivity index (χ0) is 14.8. The highest BCUT2D eigenvalue weighted by Gasteiger charge is 2.21. The van der Waals surface area contributed by atoms with Gasteiger partial charge in [0.15, 0.2) is 5.78 Å². The first-order valence-electron chi connectivity index (χ1n) is 7.16. The summed E-state index contributed by atoms with van der Waals surface area (Å²) < 4.78 is 4.55. The molecule has 0 radical (unpaired) electrons. The second-order valence-corrected chi connectivity index (χ2v) is 4.82. The fourth-order valence-corrected chi connectivity index (χ4v) is 2.06. The Bertz CT molecular complexity index is 460. The predicted octanol–water partition coefficient (Wildman–Crippen LogP) is 3.20. The third kappa shape index (κ3) is 5.44. The molecule has 3 heteroatoms. The van der Waals surface area contributed by atoms with E-state index < -0.39 is 0 Å². The van der Waals surface area contributed by atoms with Gasteiger partial charge in [0, 0.05) is 24.3 Å². The van der Waals surface area contributed by atoms with Gasteiger partial charge in [0.1, 0.15) is 0 Å². The van der Waals surface area contributed by atoms with E-state index in [9.17, 15) is 9.59 Å². The van der Waals surface area contributed by atoms with Gasteiger partial charge in [0.05, 0.1) is 7.11 Å². The number of esters is 1. The highest BCUT2D eigenvalue weighted by molar-refractivity contribution is 6.07. The number of rotatable bonds is 6. The molecule has 0 aromatic rings. The van der Waals surface area contributed by atoms with Gasteiger partial charge >= 0.3 is 5.97 Å². The third-order valence-corrected chi connectivity index (χ3v) is 3.27. The topological polar surface area (TPSA) is 43.4 Å². The summed E-state index contributed by atoms with van der Waals surface area (Å²) in [6, 6.07) is 0. The van der Waals surface area contributed by atoms with Crippen LogP contribution in [0.25, 0.3) is 0 Å². The number of allylic oxidation sites excluding steroid dienone is 4. The van der Waals surface area contributed by atoms with Gasteiger partial charge in [-0.05, 0) is 25.0 Å². The lowest BCUT2D eigenvalue weighted by atomic mass is 9.96. The summed E-state index contributed by atoms with van der Waals surface area (Å²) in [5.74, 6) is 6.00. The molecular formula is C17H22O3. The van der Waals surface area contributed by atoms with Crippen molar-refractivity contribution in [3.05, 3.63) is 23.8 Å². The number of unbranched alkanes of at least 4 members (excludes halogenated alkanes) is 2. The Morgan fingerprint density at radius 1 is 1.45 bits per heavy atom. The summed E-state index contributed by atoms with van der Waals surface area (Å²) in [6.07, 6.45) is 10.3. The van der Waals surface area contributed by atoms with E-state index in [0.29, 0.717) is 19.3 Å². The molecular weight excluding hydrogens is 252 g/mol. The fourth-order valence-electron chi connectivity index (χ4n) is 2.06. The average Bonchev–Trinajstić information content (AvgIpc) is 2.80. The molecule has 0 aromatic carbocycles. The zero-order valence-electron chi connectivity index (χ0n) is 12.3. The molecule has 1 unspecified atom stereocenters. The number of ketones is 1. The summed E-state index contributed by atoms with van der Waals surface area (Å²) in [5.41, 5.74) is 0.805. The number of methoxy groups -OCH3 is 1. The van der Waals surface area contributed by atoms with E-state index in [1.165, 1.54) is 7.11 Å². The van der Waals surface area contributed by atoms with Gasteiger partial charge in [-0.1, -0.05) is 37.7 Å². The summed E-state index contributed by atoms with van der Waals surface area (Å²) in [5, 5.41) is 0. The van der Waals surface area contributed by atoms with Crippen molar-refractivity contribution in [3.63, 3.8) is 0 Å². The van der Waals surface area contributed by atoms with Crippen LogP contribution < -0.4 is 0 Å². The molecule has 1 atom stereocenters. The van der Waals surface area contributed by atoms with E-state index in [0.717, 1.165) is 24.8 Å². The Kier molecular flexibility index (Phi) is 7.42. The van der Waals surface area contributed by atoms with Gasteiger partial charge in [0.25, 0.3) is 0 Å². The first-order valence-corrected chi connectivity index (χ1v) is 7.16. The zero-order valence-corrected chi connectivity index (χ0v) is 12.3. The van der Waals surface area contributed by atoms with Crippen molar-refractivity contribution in [1.82, 2.24) is 0 Å². The van der Waals surface area contributed by atoms with Crippen molar-refractivity contribution in [2.75, 3.05) is 7.11 Å². The van der Waals surface area contributed by atoms with E-state index in [4.69, 9.17) is 0 Å². The molecule has 0 aromatic heterocycles. The van der Waals surface area contributed by atoms with Crippen molar-refractivity contribution in [2.24, 2.45) is 5.92 Å². The fraction of sp³-hybridized carbons (Fsp3) is 0.529. The van der Waals surface area contributed by atoms with Gasteiger partial charge < -0.3 is 4.74 Å². The van der Waals surface area contributed by atoms with Crippen molar-refractivity contribution in [2.45, 2.75) is 45.4 Å². The molecule has 1 aliphatic rings. The van der Waals surface area contributed by atoms with Crippen LogP contribution >= 0.6 is 0 Å². The molecule has 1 aliphatic carbocycles. The van der Waals surface area contributed by atoms with Gasteiger partial charge in [0.2, 0.25) is 0 Å². The molecule has 20 heavy (non-hydrogen) atoms. The molecule has 1 rings (SSSR count). The lowest BCUT2D eigenvalue weighted by Crippen LogP contribution is -2.02. The summed E-state index contributed by atoms with van der Waals surface area (Å²) in [4.78, 5) is 22.6. The first kappa shape index (κ1) is 16.2. The molecule has 0 saturated carbocycles. The Morgan fingerprint density at radius 2 is 2.25 bits per heavy atom. The Labute approximate surface area is 121 Å². The molecule has 0 heterocycles. The second kappa shape index (κ2) is 9.14. The van der Waals surface area contributed by atoms with Crippen LogP contribution in [0, 0.1) is 17.8 Å². The quantitative estimate of drug-likeness (QED) is 0.323. The van der Waals surface area contributed by atoms with Gasteiger partial charge in [-0.3, -0.25) is 9.59 Å². The standard InChI is InChI=1S/C17H22O3/c1-3-4-9-14-12-13-16(18)15(14)10-7-5-6-8-11-17(19)20-2/h10,12-14H,3-4,6,8-9,11H2,1-2H3. The van der Waals surface area contributed by atoms with Crippen molar-refractivity contribution >= 4 is 11.8 Å². The minimum Gasteiger partial charge on any atom is -0.469 e. The molecule has 108 valence electrons. The van der Waals surface area contributed by atoms with Crippen LogP contribution in [0.2, 0.25) is 0 Å². The van der Waals surface area contributed by atoms with Crippen LogP contribution in [-0.4, -0.2) is 18.9 Å². The average molecular weight is 274 g/mol. The minimum atomic E-state index is -0.208. The molecule has 0 bridgehead atoms. The van der Waals surface area contributed by atoms with Crippen LogP contribution in [0.15, 0.2) is 23.8 Å². The number of hydrogen-bond donors (Lipinski definition) is 0. The summed E-state index contributed by atoms with van der Waals surface area (Å²) >= 11 is 0. The Balaban J connectivity index is 2.43. The lowest BCUT2D eigenvalue weighted by Gasteiger charge is -2.07. The minimum absolute atomic E-state index is 0.0787. The summed E-state index contributed by atoms with van der Waals surface area (Å²) in [7, 11) is 1.38. The maximum Gasteiger partial charge on any atom is 0.305 e. The normalized spacial score (nSPS) is 19.0. The van der Waals surface area contributed by atoms with E-state index in [2.05, 4.69) is 23.5 Å². The van der Waals surface area contributed by atoms with E-state index in [-0.39, 0.29) is 17.7 Å². The van der Waals surface area contributed by atoms with Crippen molar-refractivity contribution in [3.8, 4) is 11.8 Å². The molecule has 0 amide bonds. The second-order valence-electron chi connectivity index (χ2n) is 4.82. The monoisotopic (exact) mass is 274 g/mol. The van der Waals surface area contributed by atoms with Crippen LogP contribution in [0.5, 0.6) is 0 Å². The van der Waals surface area contributed by atoms with Gasteiger partial charge in [-0.25, -0.2) is 0 Å². The largest absolute Gasteiger partial charge is 0.469 e. The maximum atomic E-state index is 11.7. The third-order valence-electron chi connectivity index (χ3n) is 3.27. The van der Waals surface area contributed by atoms with E-state index in [1.807, 2.05) is 6.08 Å². The first-order chi connectivity index (χ1) is 9.69. The number of ether oxygens (including phenoxy) is 1. The Morgan fingerprint density at radius 3 is 2.95 bits per heavy atom. The van der Waals surface area contributed by atoms with E-state index >= 15 is 0 Å². The smallest absolute Gasteiger partial charge is 0.305 e. The highest BCUT2D eigenvalue weighted by atomic mass is 16.5. The molecule has 0 spiro atoms. The molecule has 0 saturated heterocycles. The van der Waals surface area contributed by atoms with Crippen LogP contribution in [0.4, 0.5) is 0 Å². The molecule has 3 nitrogen and oxygen atoms in total. The molecule has 0 aliphatic heterocycles. The van der Waals surface area contributed by atoms with Crippen LogP contribution in [-0.2, 0) is 14.3 Å². The van der Waals surface area contributed by atoms with Gasteiger partial charge in [-0.2, -0.15) is 0 Å². The number of carbonyl (C=O) groups excluding carboxylic acids is 2. The molecule has 0 N–H and O–H groups in total.